The van der Waals surface area contributed by atoms with Gasteiger partial charge < -0.3 is 10.5 Å². The summed E-state index contributed by atoms with van der Waals surface area (Å²) >= 11 is 0. The van der Waals surface area contributed by atoms with E-state index in [1.165, 1.54) is 6.92 Å². The maximum atomic E-state index is 13.7. The number of fused-ring (bicyclic) bond motifs is 1. The first kappa shape index (κ1) is 13.1. The number of benzene rings is 1. The number of oxime groups is 1. The quantitative estimate of drug-likeness (QED) is 0.603. The molecule has 0 unspecified atom stereocenters. The SMILES string of the molecule is CC(=O)Nc1cc(F)c(F)c2c1C(=O)/C(=N\O)CC2. The van der Waals surface area contributed by atoms with Crippen LogP contribution in [0, 0.1) is 11.6 Å². The molecule has 7 heteroatoms. The lowest BCUT2D eigenvalue weighted by Gasteiger charge is -2.20. The van der Waals surface area contributed by atoms with E-state index in [1.807, 2.05) is 0 Å². The first-order valence-electron chi connectivity index (χ1n) is 5.49. The average Bonchev–Trinajstić information content (AvgIpc) is 2.34. The van der Waals surface area contributed by atoms with Crippen molar-refractivity contribution in [2.75, 3.05) is 5.32 Å². The highest BCUT2D eigenvalue weighted by Gasteiger charge is 2.31. The third kappa shape index (κ3) is 2.18. The van der Waals surface area contributed by atoms with E-state index < -0.39 is 23.3 Å². The Labute approximate surface area is 106 Å². The monoisotopic (exact) mass is 268 g/mol. The van der Waals surface area contributed by atoms with Gasteiger partial charge in [0.2, 0.25) is 11.7 Å². The van der Waals surface area contributed by atoms with Gasteiger partial charge in [0.15, 0.2) is 11.6 Å². The third-order valence-corrected chi connectivity index (χ3v) is 2.85. The Morgan fingerprint density at radius 1 is 1.42 bits per heavy atom. The summed E-state index contributed by atoms with van der Waals surface area (Å²) in [5, 5.41) is 13.8. The average molecular weight is 268 g/mol. The molecule has 5 nitrogen and oxygen atoms in total. The molecule has 0 spiro atoms. The Morgan fingerprint density at radius 2 is 2.11 bits per heavy atom. The number of halogens is 2. The molecule has 100 valence electrons. The smallest absolute Gasteiger partial charge is 0.221 e. The van der Waals surface area contributed by atoms with E-state index in [2.05, 4.69) is 10.5 Å². The van der Waals surface area contributed by atoms with Crippen LogP contribution in [0.25, 0.3) is 0 Å². The molecular weight excluding hydrogens is 258 g/mol. The second-order valence-electron chi connectivity index (χ2n) is 4.13. The van der Waals surface area contributed by atoms with Crippen LogP contribution in [0.4, 0.5) is 14.5 Å². The van der Waals surface area contributed by atoms with Gasteiger partial charge in [-0.2, -0.15) is 0 Å². The number of hydrogen-bond acceptors (Lipinski definition) is 4. The molecule has 1 aromatic carbocycles. The molecule has 0 radical (unpaired) electrons. The van der Waals surface area contributed by atoms with Crippen LogP contribution in [0.15, 0.2) is 11.2 Å². The normalized spacial score (nSPS) is 16.4. The molecule has 1 aromatic rings. The van der Waals surface area contributed by atoms with Crippen LogP contribution in [-0.4, -0.2) is 22.6 Å². The van der Waals surface area contributed by atoms with Crippen molar-refractivity contribution in [3.05, 3.63) is 28.8 Å². The van der Waals surface area contributed by atoms with Crippen molar-refractivity contribution in [3.63, 3.8) is 0 Å². The van der Waals surface area contributed by atoms with Gasteiger partial charge in [0.25, 0.3) is 0 Å². The van der Waals surface area contributed by atoms with Crippen LogP contribution in [0.3, 0.4) is 0 Å². The highest BCUT2D eigenvalue weighted by Crippen LogP contribution is 2.31. The van der Waals surface area contributed by atoms with Crippen molar-refractivity contribution in [2.45, 2.75) is 19.8 Å². The van der Waals surface area contributed by atoms with Crippen LogP contribution < -0.4 is 5.32 Å². The number of nitrogens with one attached hydrogen (secondary N) is 1. The Kier molecular flexibility index (Phi) is 3.28. The molecule has 0 aliphatic heterocycles. The zero-order chi connectivity index (χ0) is 14.2. The number of Topliss-reactive ketones (excluding diaryl/α,β-unsaturated/α-hetero) is 1. The maximum absolute atomic E-state index is 13.7. The van der Waals surface area contributed by atoms with E-state index in [-0.39, 0.29) is 35.4 Å². The predicted molar refractivity (Wildman–Crippen MR) is 62.5 cm³/mol. The molecule has 0 heterocycles. The van der Waals surface area contributed by atoms with Gasteiger partial charge in [0.05, 0.1) is 11.3 Å². The Bertz CT molecular complexity index is 611. The number of anilines is 1. The lowest BCUT2D eigenvalue weighted by atomic mass is 9.87. The number of carbonyl (C=O) groups excluding carboxylic acids is 2. The molecular formula is C12H10F2N2O3. The molecule has 0 bridgehead atoms. The number of ketones is 1. The van der Waals surface area contributed by atoms with Crippen molar-refractivity contribution in [3.8, 4) is 0 Å². The fraction of sp³-hybridized carbons (Fsp3) is 0.250. The fourth-order valence-electron chi connectivity index (χ4n) is 2.06. The molecule has 2 rings (SSSR count). The Morgan fingerprint density at radius 3 is 2.68 bits per heavy atom. The first-order chi connectivity index (χ1) is 8.95. The van der Waals surface area contributed by atoms with Crippen molar-refractivity contribution in [2.24, 2.45) is 5.16 Å². The van der Waals surface area contributed by atoms with Crippen LogP contribution in [-0.2, 0) is 11.2 Å². The van der Waals surface area contributed by atoms with Crippen molar-refractivity contribution in [1.29, 1.82) is 0 Å². The summed E-state index contributed by atoms with van der Waals surface area (Å²) in [5.41, 5.74) is -0.535. The first-order valence-corrected chi connectivity index (χ1v) is 5.49. The van der Waals surface area contributed by atoms with E-state index in [1.54, 1.807) is 0 Å². The van der Waals surface area contributed by atoms with E-state index >= 15 is 0 Å². The molecule has 1 aliphatic rings. The number of nitrogens with zero attached hydrogens (tertiary/aromatic N) is 1. The minimum absolute atomic E-state index is 0.0161. The van der Waals surface area contributed by atoms with Gasteiger partial charge in [0, 0.05) is 25.0 Å². The van der Waals surface area contributed by atoms with Crippen LogP contribution in [0.5, 0.6) is 0 Å². The van der Waals surface area contributed by atoms with Crippen molar-refractivity contribution in [1.82, 2.24) is 0 Å². The summed E-state index contributed by atoms with van der Waals surface area (Å²) in [6, 6.07) is 0.744. The molecule has 0 fully saturated rings. The summed E-state index contributed by atoms with van der Waals surface area (Å²) in [4.78, 5) is 23.0. The van der Waals surface area contributed by atoms with E-state index in [0.717, 1.165) is 6.07 Å². The topological polar surface area (TPSA) is 78.8 Å². The minimum Gasteiger partial charge on any atom is -0.411 e. The van der Waals surface area contributed by atoms with Gasteiger partial charge in [0.1, 0.15) is 5.71 Å². The maximum Gasteiger partial charge on any atom is 0.221 e. The van der Waals surface area contributed by atoms with Gasteiger partial charge in [-0.25, -0.2) is 8.78 Å². The third-order valence-electron chi connectivity index (χ3n) is 2.85. The summed E-state index contributed by atoms with van der Waals surface area (Å²) in [5.74, 6) is -3.49. The Balaban J connectivity index is 2.67. The molecule has 1 amide bonds. The van der Waals surface area contributed by atoms with Gasteiger partial charge in [-0.1, -0.05) is 5.16 Å². The molecule has 0 saturated heterocycles. The van der Waals surface area contributed by atoms with E-state index in [9.17, 15) is 18.4 Å². The minimum atomic E-state index is -1.14. The van der Waals surface area contributed by atoms with Crippen molar-refractivity contribution >= 4 is 23.1 Å². The zero-order valence-electron chi connectivity index (χ0n) is 9.96. The van der Waals surface area contributed by atoms with Crippen LogP contribution in [0.2, 0.25) is 0 Å². The van der Waals surface area contributed by atoms with Gasteiger partial charge in [-0.3, -0.25) is 9.59 Å². The number of carbonyl (C=O) groups is 2. The van der Waals surface area contributed by atoms with Gasteiger partial charge in [-0.05, 0) is 6.42 Å². The highest BCUT2D eigenvalue weighted by atomic mass is 19.2. The summed E-state index contributed by atoms with van der Waals surface area (Å²) < 4.78 is 27.1. The standard InChI is InChI=1S/C12H10F2N2O3/c1-5(17)15-9-4-7(13)11(14)6-2-3-8(16-19)12(18)10(6)9/h4,19H,2-3H2,1H3,(H,15,17)/b16-8-. The highest BCUT2D eigenvalue weighted by molar-refractivity contribution is 6.48. The molecule has 2 N–H and O–H groups in total. The summed E-state index contributed by atoms with van der Waals surface area (Å²) in [7, 11) is 0. The van der Waals surface area contributed by atoms with Gasteiger partial charge in [-0.15, -0.1) is 0 Å². The zero-order valence-corrected chi connectivity index (χ0v) is 9.96. The largest absolute Gasteiger partial charge is 0.411 e. The lowest BCUT2D eigenvalue weighted by Crippen LogP contribution is -2.26. The number of amides is 1. The van der Waals surface area contributed by atoms with E-state index in [4.69, 9.17) is 5.21 Å². The second kappa shape index (κ2) is 4.75. The second-order valence-corrected chi connectivity index (χ2v) is 4.13. The summed E-state index contributed by atoms with van der Waals surface area (Å²) in [6.07, 6.45) is 0.0405. The number of hydrogen-bond donors (Lipinski definition) is 2. The lowest BCUT2D eigenvalue weighted by molar-refractivity contribution is -0.114. The molecule has 0 saturated carbocycles. The van der Waals surface area contributed by atoms with Gasteiger partial charge >= 0.3 is 0 Å². The molecule has 19 heavy (non-hydrogen) atoms. The van der Waals surface area contributed by atoms with Crippen LogP contribution >= 0.6 is 0 Å². The molecule has 1 aliphatic carbocycles. The number of rotatable bonds is 1. The van der Waals surface area contributed by atoms with Crippen LogP contribution in [0.1, 0.15) is 29.3 Å². The van der Waals surface area contributed by atoms with E-state index in [0.29, 0.717) is 0 Å². The molecule has 0 atom stereocenters. The van der Waals surface area contributed by atoms with Crippen molar-refractivity contribution < 1.29 is 23.6 Å². The molecule has 0 aromatic heterocycles. The summed E-state index contributed by atoms with van der Waals surface area (Å²) in [6.45, 7) is 1.18. The fourth-order valence-corrected chi connectivity index (χ4v) is 2.06. The predicted octanol–water partition coefficient (Wildman–Crippen LogP) is 1.88. The Hall–Kier alpha value is -2.31.